The Balaban J connectivity index is 1.73. The van der Waals surface area contributed by atoms with E-state index in [0.29, 0.717) is 34.1 Å². The van der Waals surface area contributed by atoms with Gasteiger partial charge >= 0.3 is 0 Å². The van der Waals surface area contributed by atoms with Gasteiger partial charge in [0, 0.05) is 29.0 Å². The van der Waals surface area contributed by atoms with Gasteiger partial charge in [-0.05, 0) is 38.1 Å². The zero-order valence-electron chi connectivity index (χ0n) is 15.0. The number of ether oxygens (including phenoxy) is 1. The summed E-state index contributed by atoms with van der Waals surface area (Å²) in [7, 11) is 0. The molecule has 2 aromatic carbocycles. The number of aromatic nitrogens is 1. The highest BCUT2D eigenvalue weighted by atomic mass is 19.1. The van der Waals surface area contributed by atoms with Crippen LogP contribution in [0.2, 0.25) is 0 Å². The second kappa shape index (κ2) is 6.23. The van der Waals surface area contributed by atoms with Crippen molar-refractivity contribution in [3.8, 4) is 5.75 Å². The van der Waals surface area contributed by atoms with Crippen LogP contribution in [0, 0.1) is 5.82 Å². The van der Waals surface area contributed by atoms with Crippen LogP contribution >= 0.6 is 0 Å². The summed E-state index contributed by atoms with van der Waals surface area (Å²) < 4.78 is 19.7. The highest BCUT2D eigenvalue weighted by Gasteiger charge is 2.35. The first-order valence-electron chi connectivity index (χ1n) is 8.74. The van der Waals surface area contributed by atoms with Gasteiger partial charge in [0.05, 0.1) is 11.6 Å². The second-order valence-corrected chi connectivity index (χ2v) is 7.35. The molecule has 1 amide bonds. The Morgan fingerprint density at radius 2 is 1.96 bits per heavy atom. The summed E-state index contributed by atoms with van der Waals surface area (Å²) in [5.41, 5.74) is 0.223. The first-order valence-corrected chi connectivity index (χ1v) is 8.74. The van der Waals surface area contributed by atoms with Crippen molar-refractivity contribution in [1.82, 2.24) is 10.3 Å². The largest absolute Gasteiger partial charge is 0.487 e. The van der Waals surface area contributed by atoms with E-state index in [-0.39, 0.29) is 17.3 Å². The van der Waals surface area contributed by atoms with E-state index in [0.717, 1.165) is 0 Å². The second-order valence-electron chi connectivity index (χ2n) is 7.35. The maximum Gasteiger partial charge on any atom is 0.255 e. The lowest BCUT2D eigenvalue weighted by Crippen LogP contribution is -2.41. The Labute approximate surface area is 155 Å². The van der Waals surface area contributed by atoms with Crippen molar-refractivity contribution in [2.75, 3.05) is 0 Å². The molecule has 0 aliphatic carbocycles. The minimum Gasteiger partial charge on any atom is -0.487 e. The maximum absolute atomic E-state index is 13.8. The van der Waals surface area contributed by atoms with Crippen molar-refractivity contribution in [1.29, 1.82) is 0 Å². The molecule has 1 aliphatic rings. The molecule has 4 rings (SSSR count). The fourth-order valence-corrected chi connectivity index (χ4v) is 3.59. The third-order valence-corrected chi connectivity index (χ3v) is 4.79. The number of nitrogens with one attached hydrogen (secondary N) is 2. The molecule has 0 radical (unpaired) electrons. The topological polar surface area (TPSA) is 71.2 Å². The average Bonchev–Trinajstić information content (AvgIpc) is 2.62. The fraction of sp³-hybridized carbons (Fsp3) is 0.238. The normalized spacial score (nSPS) is 17.8. The van der Waals surface area contributed by atoms with Gasteiger partial charge in [-0.3, -0.25) is 9.59 Å². The van der Waals surface area contributed by atoms with E-state index in [4.69, 9.17) is 4.74 Å². The molecule has 138 valence electrons. The summed E-state index contributed by atoms with van der Waals surface area (Å²) in [6, 6.07) is 10.8. The number of amides is 1. The van der Waals surface area contributed by atoms with Crippen molar-refractivity contribution in [2.24, 2.45) is 0 Å². The molecule has 0 bridgehead atoms. The average molecular weight is 366 g/mol. The highest BCUT2D eigenvalue weighted by molar-refractivity contribution is 6.06. The molecular weight excluding hydrogens is 347 g/mol. The lowest BCUT2D eigenvalue weighted by atomic mass is 9.89. The number of carbonyl (C=O) groups excluding carboxylic acids is 1. The predicted molar refractivity (Wildman–Crippen MR) is 100 cm³/mol. The van der Waals surface area contributed by atoms with Crippen LogP contribution in [0.3, 0.4) is 0 Å². The number of H-pyrrole nitrogens is 1. The van der Waals surface area contributed by atoms with Crippen LogP contribution < -0.4 is 15.6 Å². The van der Waals surface area contributed by atoms with Crippen LogP contribution in [0.4, 0.5) is 4.39 Å². The summed E-state index contributed by atoms with van der Waals surface area (Å²) in [6.07, 6.45) is 1.91. The smallest absolute Gasteiger partial charge is 0.255 e. The molecule has 2 N–H and O–H groups in total. The molecule has 27 heavy (non-hydrogen) atoms. The van der Waals surface area contributed by atoms with E-state index in [1.165, 1.54) is 18.3 Å². The third kappa shape index (κ3) is 3.18. The SMILES string of the molecule is CC1(C)CC(NC(=O)c2c[nH]c(=O)c3ccccc23)c2cc(F)ccc2O1. The van der Waals surface area contributed by atoms with E-state index in [2.05, 4.69) is 10.3 Å². The quantitative estimate of drug-likeness (QED) is 0.726. The summed E-state index contributed by atoms with van der Waals surface area (Å²) in [5.74, 6) is -0.157. The van der Waals surface area contributed by atoms with Crippen LogP contribution in [0.1, 0.15) is 42.2 Å². The van der Waals surface area contributed by atoms with E-state index in [1.807, 2.05) is 13.8 Å². The molecule has 1 unspecified atom stereocenters. The van der Waals surface area contributed by atoms with Gasteiger partial charge in [-0.2, -0.15) is 0 Å². The molecular formula is C21H19FN2O3. The molecule has 1 aromatic heterocycles. The Morgan fingerprint density at radius 1 is 1.22 bits per heavy atom. The van der Waals surface area contributed by atoms with Crippen LogP contribution in [0.25, 0.3) is 10.8 Å². The van der Waals surface area contributed by atoms with Gasteiger partial charge in [-0.1, -0.05) is 18.2 Å². The number of hydrogen-bond donors (Lipinski definition) is 2. The van der Waals surface area contributed by atoms with E-state index >= 15 is 0 Å². The molecule has 2 heterocycles. The molecule has 0 fully saturated rings. The van der Waals surface area contributed by atoms with Gasteiger partial charge < -0.3 is 15.0 Å². The van der Waals surface area contributed by atoms with Gasteiger partial charge in [0.25, 0.3) is 11.5 Å². The Bertz CT molecular complexity index is 1100. The minimum atomic E-state index is -0.504. The number of rotatable bonds is 2. The van der Waals surface area contributed by atoms with Crippen molar-refractivity contribution < 1.29 is 13.9 Å². The number of hydrogen-bond acceptors (Lipinski definition) is 3. The van der Waals surface area contributed by atoms with Crippen LogP contribution in [-0.4, -0.2) is 16.5 Å². The van der Waals surface area contributed by atoms with Crippen molar-refractivity contribution in [3.05, 3.63) is 76.0 Å². The van der Waals surface area contributed by atoms with Crippen molar-refractivity contribution in [2.45, 2.75) is 31.9 Å². The Hall–Kier alpha value is -3.15. The summed E-state index contributed by atoms with van der Waals surface area (Å²) in [5, 5.41) is 4.00. The first kappa shape index (κ1) is 17.3. The van der Waals surface area contributed by atoms with Crippen molar-refractivity contribution >= 4 is 16.7 Å². The lowest BCUT2D eigenvalue weighted by molar-refractivity contribution is 0.0617. The molecule has 6 heteroatoms. The van der Waals surface area contributed by atoms with Crippen molar-refractivity contribution in [3.63, 3.8) is 0 Å². The number of carbonyl (C=O) groups is 1. The maximum atomic E-state index is 13.8. The van der Waals surface area contributed by atoms with Gasteiger partial charge in [0.1, 0.15) is 17.2 Å². The Kier molecular flexibility index (Phi) is 3.98. The predicted octanol–water partition coefficient (Wildman–Crippen LogP) is 3.70. The third-order valence-electron chi connectivity index (χ3n) is 4.79. The van der Waals surface area contributed by atoms with Gasteiger partial charge in [-0.25, -0.2) is 4.39 Å². The first-order chi connectivity index (χ1) is 12.8. The molecule has 3 aromatic rings. The summed E-state index contributed by atoms with van der Waals surface area (Å²) in [6.45, 7) is 3.85. The van der Waals surface area contributed by atoms with Crippen LogP contribution in [0.15, 0.2) is 53.5 Å². The number of halogens is 1. The lowest BCUT2D eigenvalue weighted by Gasteiger charge is -2.38. The minimum absolute atomic E-state index is 0.248. The van der Waals surface area contributed by atoms with E-state index in [9.17, 15) is 14.0 Å². The number of pyridine rings is 1. The number of aromatic amines is 1. The molecule has 0 spiro atoms. The summed E-state index contributed by atoms with van der Waals surface area (Å²) >= 11 is 0. The van der Waals surface area contributed by atoms with E-state index in [1.54, 1.807) is 30.3 Å². The molecule has 1 atom stereocenters. The number of benzene rings is 2. The fourth-order valence-electron chi connectivity index (χ4n) is 3.59. The zero-order chi connectivity index (χ0) is 19.2. The number of fused-ring (bicyclic) bond motifs is 2. The molecule has 1 aliphatic heterocycles. The van der Waals surface area contributed by atoms with Gasteiger partial charge in [0.15, 0.2) is 0 Å². The van der Waals surface area contributed by atoms with Gasteiger partial charge in [0.2, 0.25) is 0 Å². The monoisotopic (exact) mass is 366 g/mol. The summed E-state index contributed by atoms with van der Waals surface area (Å²) in [4.78, 5) is 27.6. The van der Waals surface area contributed by atoms with Gasteiger partial charge in [-0.15, -0.1) is 0 Å². The molecule has 0 saturated heterocycles. The highest BCUT2D eigenvalue weighted by Crippen LogP contribution is 2.39. The zero-order valence-corrected chi connectivity index (χ0v) is 15.0. The molecule has 5 nitrogen and oxygen atoms in total. The molecule has 0 saturated carbocycles. The standard InChI is InChI=1S/C21H19FN2O3/c1-21(2)10-17(15-9-12(22)7-8-18(15)27-21)24-20(26)16-11-23-19(25)14-6-4-3-5-13(14)16/h3-9,11,17H,10H2,1-2H3,(H,23,25)(H,24,26). The van der Waals surface area contributed by atoms with E-state index < -0.39 is 11.6 Å². The van der Waals surface area contributed by atoms with Crippen LogP contribution in [0.5, 0.6) is 5.75 Å². The van der Waals surface area contributed by atoms with Crippen LogP contribution in [-0.2, 0) is 0 Å². The Morgan fingerprint density at radius 3 is 2.74 bits per heavy atom.